The number of nitrogens with zero attached hydrogens (tertiary/aromatic N) is 3. The van der Waals surface area contributed by atoms with Crippen LogP contribution in [0.1, 0.15) is 6.42 Å². The van der Waals surface area contributed by atoms with Gasteiger partial charge in [0.1, 0.15) is 4.90 Å². The number of likely N-dealkylation sites (tertiary alicyclic amines) is 1. The van der Waals surface area contributed by atoms with Crippen LogP contribution in [0.2, 0.25) is 0 Å². The van der Waals surface area contributed by atoms with Crippen LogP contribution in [0.4, 0.5) is 0 Å². The average molecular weight is 302 g/mol. The number of hydrogen-bond donors (Lipinski definition) is 1. The molecule has 20 heavy (non-hydrogen) atoms. The Morgan fingerprint density at radius 1 is 1.60 bits per heavy atom. The first kappa shape index (κ1) is 15.4. The fourth-order valence-electron chi connectivity index (χ4n) is 2.51. The third-order valence-electron chi connectivity index (χ3n) is 3.68. The molecule has 0 bridgehead atoms. The lowest BCUT2D eigenvalue weighted by Crippen LogP contribution is -2.33. The lowest BCUT2D eigenvalue weighted by Gasteiger charge is -2.20. The largest absolute Gasteiger partial charge is 0.383 e. The summed E-state index contributed by atoms with van der Waals surface area (Å²) in [6.07, 6.45) is 3.77. The standard InChI is InChI=1S/C12H22N4O3S/c1-15(20(17,18)12-7-13-14-8-12)9-11-3-4-16(10-11)5-6-19-2/h7-8,11H,3-6,9-10H2,1-2H3,(H,13,14)/t11-/m1/s1. The van der Waals surface area contributed by atoms with Gasteiger partial charge >= 0.3 is 0 Å². The van der Waals surface area contributed by atoms with Gasteiger partial charge in [0.25, 0.3) is 0 Å². The van der Waals surface area contributed by atoms with Crippen LogP contribution in [0.3, 0.4) is 0 Å². The van der Waals surface area contributed by atoms with Crippen LogP contribution >= 0.6 is 0 Å². The molecule has 1 N–H and O–H groups in total. The fraction of sp³-hybridized carbons (Fsp3) is 0.750. The van der Waals surface area contributed by atoms with E-state index in [1.165, 1.54) is 16.7 Å². The van der Waals surface area contributed by atoms with Gasteiger partial charge in [0.05, 0.1) is 12.8 Å². The van der Waals surface area contributed by atoms with Crippen molar-refractivity contribution in [2.24, 2.45) is 5.92 Å². The highest BCUT2D eigenvalue weighted by Crippen LogP contribution is 2.20. The Morgan fingerprint density at radius 3 is 3.05 bits per heavy atom. The van der Waals surface area contributed by atoms with Crippen molar-refractivity contribution in [3.8, 4) is 0 Å². The Hall–Kier alpha value is -0.960. The maximum Gasteiger partial charge on any atom is 0.245 e. The lowest BCUT2D eigenvalue weighted by molar-refractivity contribution is 0.158. The molecule has 1 fully saturated rings. The molecule has 1 aliphatic heterocycles. The summed E-state index contributed by atoms with van der Waals surface area (Å²) in [5, 5.41) is 6.23. The van der Waals surface area contributed by atoms with Crippen LogP contribution in [0.25, 0.3) is 0 Å². The molecule has 1 aromatic heterocycles. The molecule has 1 saturated heterocycles. The predicted molar refractivity (Wildman–Crippen MR) is 74.8 cm³/mol. The van der Waals surface area contributed by atoms with Crippen molar-refractivity contribution >= 4 is 10.0 Å². The number of ether oxygens (including phenoxy) is 1. The minimum atomic E-state index is -3.42. The first-order chi connectivity index (χ1) is 9.54. The maximum atomic E-state index is 12.3. The van der Waals surface area contributed by atoms with E-state index in [0.29, 0.717) is 12.5 Å². The van der Waals surface area contributed by atoms with Crippen molar-refractivity contribution < 1.29 is 13.2 Å². The Bertz CT molecular complexity index is 503. The molecule has 0 unspecified atom stereocenters. The van der Waals surface area contributed by atoms with Crippen molar-refractivity contribution in [3.63, 3.8) is 0 Å². The summed E-state index contributed by atoms with van der Waals surface area (Å²) in [5.41, 5.74) is 0. The Balaban J connectivity index is 1.88. The summed E-state index contributed by atoms with van der Waals surface area (Å²) < 4.78 is 31.0. The molecule has 2 rings (SSSR count). The van der Waals surface area contributed by atoms with Crippen molar-refractivity contribution in [3.05, 3.63) is 12.4 Å². The van der Waals surface area contributed by atoms with Gasteiger partial charge in [-0.3, -0.25) is 5.10 Å². The molecular weight excluding hydrogens is 280 g/mol. The number of nitrogens with one attached hydrogen (secondary N) is 1. The SMILES string of the molecule is COCCN1CC[C@H](CN(C)S(=O)(=O)c2cn[nH]c2)C1. The third kappa shape index (κ3) is 3.57. The normalized spacial score (nSPS) is 20.9. The number of hydrogen-bond acceptors (Lipinski definition) is 5. The molecule has 8 heteroatoms. The van der Waals surface area contributed by atoms with Gasteiger partial charge < -0.3 is 9.64 Å². The van der Waals surface area contributed by atoms with Gasteiger partial charge in [-0.2, -0.15) is 5.10 Å². The summed E-state index contributed by atoms with van der Waals surface area (Å²) in [6.45, 7) is 4.10. The number of methoxy groups -OCH3 is 1. The Labute approximate surface area is 120 Å². The molecule has 0 spiro atoms. The molecule has 0 saturated carbocycles. The van der Waals surface area contributed by atoms with E-state index in [-0.39, 0.29) is 4.90 Å². The summed E-state index contributed by atoms with van der Waals surface area (Å²) in [5.74, 6) is 0.374. The van der Waals surface area contributed by atoms with E-state index in [2.05, 4.69) is 15.1 Å². The van der Waals surface area contributed by atoms with Gasteiger partial charge in [-0.15, -0.1) is 0 Å². The van der Waals surface area contributed by atoms with E-state index in [1.54, 1.807) is 14.2 Å². The van der Waals surface area contributed by atoms with Gasteiger partial charge in [0.15, 0.2) is 0 Å². The van der Waals surface area contributed by atoms with Crippen LogP contribution in [0.5, 0.6) is 0 Å². The van der Waals surface area contributed by atoms with Crippen LogP contribution in [0, 0.1) is 5.92 Å². The highest BCUT2D eigenvalue weighted by Gasteiger charge is 2.28. The number of aromatic nitrogens is 2. The molecule has 1 atom stereocenters. The molecule has 0 radical (unpaired) electrons. The van der Waals surface area contributed by atoms with Crippen LogP contribution in [-0.2, 0) is 14.8 Å². The molecule has 114 valence electrons. The summed E-state index contributed by atoms with van der Waals surface area (Å²) in [4.78, 5) is 2.53. The quantitative estimate of drug-likeness (QED) is 0.767. The van der Waals surface area contributed by atoms with Gasteiger partial charge in [-0.25, -0.2) is 12.7 Å². The number of rotatable bonds is 7. The minimum absolute atomic E-state index is 0.217. The number of H-pyrrole nitrogens is 1. The van der Waals surface area contributed by atoms with Gasteiger partial charge in [-0.1, -0.05) is 0 Å². The molecular formula is C12H22N4O3S. The molecule has 0 aromatic carbocycles. The van der Waals surface area contributed by atoms with E-state index in [9.17, 15) is 8.42 Å². The van der Waals surface area contributed by atoms with Gasteiger partial charge in [0, 0.05) is 40.0 Å². The smallest absolute Gasteiger partial charge is 0.245 e. The van der Waals surface area contributed by atoms with Crippen molar-refractivity contribution in [1.82, 2.24) is 19.4 Å². The van der Waals surface area contributed by atoms with Crippen molar-refractivity contribution in [2.75, 3.05) is 46.9 Å². The fourth-order valence-corrected chi connectivity index (χ4v) is 3.66. The third-order valence-corrected chi connectivity index (χ3v) is 5.47. The molecule has 7 nitrogen and oxygen atoms in total. The molecule has 1 aromatic rings. The van der Waals surface area contributed by atoms with E-state index in [0.717, 1.165) is 32.7 Å². The van der Waals surface area contributed by atoms with E-state index in [4.69, 9.17) is 4.74 Å². The predicted octanol–water partition coefficient (Wildman–Crippen LogP) is -0.00150. The molecule has 0 amide bonds. The minimum Gasteiger partial charge on any atom is -0.383 e. The topological polar surface area (TPSA) is 78.5 Å². The first-order valence-electron chi connectivity index (χ1n) is 6.70. The second-order valence-electron chi connectivity index (χ2n) is 5.17. The highest BCUT2D eigenvalue weighted by atomic mass is 32.2. The lowest BCUT2D eigenvalue weighted by atomic mass is 10.1. The van der Waals surface area contributed by atoms with Crippen LogP contribution in [-0.4, -0.2) is 74.8 Å². The maximum absolute atomic E-state index is 12.3. The van der Waals surface area contributed by atoms with Crippen LogP contribution < -0.4 is 0 Å². The van der Waals surface area contributed by atoms with E-state index in [1.807, 2.05) is 0 Å². The second kappa shape index (κ2) is 6.66. The summed E-state index contributed by atoms with van der Waals surface area (Å²) >= 11 is 0. The van der Waals surface area contributed by atoms with Crippen molar-refractivity contribution in [1.29, 1.82) is 0 Å². The second-order valence-corrected chi connectivity index (χ2v) is 7.21. The van der Waals surface area contributed by atoms with Crippen LogP contribution in [0.15, 0.2) is 17.3 Å². The van der Waals surface area contributed by atoms with Gasteiger partial charge in [0.2, 0.25) is 10.0 Å². The zero-order valence-electron chi connectivity index (χ0n) is 11.9. The Kier molecular flexibility index (Phi) is 5.14. The van der Waals surface area contributed by atoms with Crippen molar-refractivity contribution in [2.45, 2.75) is 11.3 Å². The average Bonchev–Trinajstić information content (AvgIpc) is 3.07. The molecule has 2 heterocycles. The molecule has 0 aliphatic carbocycles. The van der Waals surface area contributed by atoms with Gasteiger partial charge in [-0.05, 0) is 18.9 Å². The zero-order chi connectivity index (χ0) is 14.6. The number of aromatic amines is 1. The number of sulfonamides is 1. The first-order valence-corrected chi connectivity index (χ1v) is 8.14. The summed E-state index contributed by atoms with van der Waals surface area (Å²) in [6, 6.07) is 0. The van der Waals surface area contributed by atoms with E-state index < -0.39 is 10.0 Å². The zero-order valence-corrected chi connectivity index (χ0v) is 12.8. The van der Waals surface area contributed by atoms with E-state index >= 15 is 0 Å². The molecule has 1 aliphatic rings. The Morgan fingerprint density at radius 2 is 2.40 bits per heavy atom. The summed E-state index contributed by atoms with van der Waals surface area (Å²) in [7, 11) is -0.103. The monoisotopic (exact) mass is 302 g/mol. The highest BCUT2D eigenvalue weighted by molar-refractivity contribution is 7.89.